The van der Waals surface area contributed by atoms with Gasteiger partial charge in [0.25, 0.3) is 0 Å². The molecule has 0 saturated heterocycles. The Kier molecular flexibility index (Phi) is 4.19. The molecule has 0 bridgehead atoms. The van der Waals surface area contributed by atoms with Gasteiger partial charge in [0.1, 0.15) is 34.1 Å². The van der Waals surface area contributed by atoms with Crippen molar-refractivity contribution in [1.29, 1.82) is 0 Å². The minimum Gasteiger partial charge on any atom is -0.497 e. The number of para-hydroxylation sites is 1. The molecule has 25 heavy (non-hydrogen) atoms. The lowest BCUT2D eigenvalue weighted by Gasteiger charge is -2.23. The van der Waals surface area contributed by atoms with Crippen LogP contribution in [0, 0.1) is 0 Å². The summed E-state index contributed by atoms with van der Waals surface area (Å²) in [7, 11) is 0.326. The Bertz CT molecular complexity index is 877. The second kappa shape index (κ2) is 6.64. The molecule has 0 fully saturated rings. The second-order valence-electron chi connectivity index (χ2n) is 5.60. The number of rotatable bonds is 5. The van der Waals surface area contributed by atoms with E-state index in [-0.39, 0.29) is 0 Å². The molecule has 1 N–H and O–H groups in total. The van der Waals surface area contributed by atoms with Crippen molar-refractivity contribution in [2.75, 3.05) is 12.4 Å². The van der Waals surface area contributed by atoms with Crippen molar-refractivity contribution in [3.05, 3.63) is 72.7 Å². The van der Waals surface area contributed by atoms with Crippen molar-refractivity contribution in [3.63, 3.8) is 0 Å². The fourth-order valence-electron chi connectivity index (χ4n) is 2.81. The zero-order valence-electron chi connectivity index (χ0n) is 13.5. The van der Waals surface area contributed by atoms with Crippen LogP contribution in [0.25, 0.3) is 0 Å². The van der Waals surface area contributed by atoms with E-state index in [1.807, 2.05) is 60.7 Å². The molecule has 3 aromatic rings. The van der Waals surface area contributed by atoms with Crippen LogP contribution >= 0.6 is 0 Å². The van der Waals surface area contributed by atoms with Gasteiger partial charge in [-0.2, -0.15) is 0 Å². The first-order chi connectivity index (χ1) is 12.3. The van der Waals surface area contributed by atoms with Crippen LogP contribution in [-0.4, -0.2) is 16.8 Å². The number of ether oxygens (including phenoxy) is 2. The third-order valence-electron chi connectivity index (χ3n) is 4.05. The molecule has 0 amide bonds. The average Bonchev–Trinajstić information content (AvgIpc) is 3.29. The van der Waals surface area contributed by atoms with E-state index >= 15 is 0 Å². The Hall–Kier alpha value is -2.73. The molecule has 0 radical (unpaired) electrons. The Morgan fingerprint density at radius 2 is 1.88 bits per heavy atom. The van der Waals surface area contributed by atoms with E-state index in [0.717, 1.165) is 11.4 Å². The molecule has 2 heterocycles. The molecule has 1 aliphatic rings. The summed E-state index contributed by atoms with van der Waals surface area (Å²) in [6.45, 7) is 0. The maximum absolute atomic E-state index is 12.9. The molecule has 1 aromatic heterocycles. The molecule has 1 unspecified atom stereocenters. The van der Waals surface area contributed by atoms with E-state index in [9.17, 15) is 4.21 Å². The Morgan fingerprint density at radius 1 is 1.08 bits per heavy atom. The number of furan rings is 1. The third-order valence-corrected chi connectivity index (χ3v) is 5.62. The highest BCUT2D eigenvalue weighted by Gasteiger charge is 2.39. The SMILES string of the molecule is COc1ccc(N[C@@H](c2ccco2)[C@@H]2Oc3ccccc3S2=O)cc1. The summed E-state index contributed by atoms with van der Waals surface area (Å²) in [6.07, 6.45) is 1.60. The van der Waals surface area contributed by atoms with Crippen molar-refractivity contribution in [2.24, 2.45) is 0 Å². The number of hydrogen-bond acceptors (Lipinski definition) is 5. The topological polar surface area (TPSA) is 60.7 Å². The maximum atomic E-state index is 12.9. The minimum absolute atomic E-state index is 0.392. The highest BCUT2D eigenvalue weighted by Crippen LogP contribution is 2.39. The van der Waals surface area contributed by atoms with E-state index in [4.69, 9.17) is 13.9 Å². The smallest absolute Gasteiger partial charge is 0.204 e. The lowest BCUT2D eigenvalue weighted by atomic mass is 10.2. The molecule has 3 atom stereocenters. The summed E-state index contributed by atoms with van der Waals surface area (Å²) in [6, 6.07) is 18.2. The molecule has 128 valence electrons. The van der Waals surface area contributed by atoms with Gasteiger partial charge in [-0.3, -0.25) is 4.21 Å². The standard InChI is InChI=1S/C19H17NO4S/c1-22-14-10-8-13(9-11-14)20-18(16-6-4-12-23-16)19-24-15-5-2-3-7-17(15)25(19)21/h2-12,18-20H,1H3/t18-,19+,25?/m0/s1. The number of methoxy groups -OCH3 is 1. The van der Waals surface area contributed by atoms with E-state index in [2.05, 4.69) is 5.32 Å². The van der Waals surface area contributed by atoms with Crippen LogP contribution in [0.4, 0.5) is 5.69 Å². The van der Waals surface area contributed by atoms with Crippen molar-refractivity contribution in [1.82, 2.24) is 0 Å². The van der Waals surface area contributed by atoms with Crippen molar-refractivity contribution >= 4 is 16.5 Å². The highest BCUT2D eigenvalue weighted by molar-refractivity contribution is 7.86. The number of nitrogens with one attached hydrogen (secondary N) is 1. The first-order valence-corrected chi connectivity index (χ1v) is 9.08. The monoisotopic (exact) mass is 355 g/mol. The average molecular weight is 355 g/mol. The molecule has 6 heteroatoms. The maximum Gasteiger partial charge on any atom is 0.204 e. The largest absolute Gasteiger partial charge is 0.497 e. The van der Waals surface area contributed by atoms with Gasteiger partial charge in [0.05, 0.1) is 18.3 Å². The van der Waals surface area contributed by atoms with Gasteiger partial charge in [-0.25, -0.2) is 0 Å². The van der Waals surface area contributed by atoms with Crippen LogP contribution in [-0.2, 0) is 10.8 Å². The summed E-state index contributed by atoms with van der Waals surface area (Å²) in [5.41, 5.74) is 0.282. The van der Waals surface area contributed by atoms with Crippen LogP contribution in [0.15, 0.2) is 76.2 Å². The second-order valence-corrected chi connectivity index (χ2v) is 7.10. The van der Waals surface area contributed by atoms with Gasteiger partial charge in [-0.05, 0) is 48.5 Å². The van der Waals surface area contributed by atoms with Gasteiger partial charge in [0.15, 0.2) is 0 Å². The molecule has 5 nitrogen and oxygen atoms in total. The van der Waals surface area contributed by atoms with Crippen molar-refractivity contribution in [2.45, 2.75) is 16.4 Å². The number of hydrogen-bond donors (Lipinski definition) is 1. The first-order valence-electron chi connectivity index (χ1n) is 7.86. The fraction of sp³-hybridized carbons (Fsp3) is 0.158. The lowest BCUT2D eigenvalue weighted by molar-refractivity contribution is 0.253. The number of anilines is 1. The van der Waals surface area contributed by atoms with Gasteiger partial charge in [-0.1, -0.05) is 12.1 Å². The highest BCUT2D eigenvalue weighted by atomic mass is 32.2. The van der Waals surface area contributed by atoms with Crippen LogP contribution in [0.1, 0.15) is 11.8 Å². The third kappa shape index (κ3) is 3.00. The van der Waals surface area contributed by atoms with E-state index in [1.54, 1.807) is 13.4 Å². The molecule has 2 aromatic carbocycles. The van der Waals surface area contributed by atoms with Crippen LogP contribution in [0.5, 0.6) is 11.5 Å². The van der Waals surface area contributed by atoms with E-state index in [0.29, 0.717) is 16.4 Å². The molecular weight excluding hydrogens is 338 g/mol. The van der Waals surface area contributed by atoms with Crippen LogP contribution in [0.3, 0.4) is 0 Å². The predicted octanol–water partition coefficient (Wildman–Crippen LogP) is 3.97. The Labute approximate surface area is 148 Å². The zero-order valence-corrected chi connectivity index (χ0v) is 14.4. The van der Waals surface area contributed by atoms with Gasteiger partial charge in [0, 0.05) is 5.69 Å². The molecule has 4 rings (SSSR count). The fourth-order valence-corrected chi connectivity index (χ4v) is 4.23. The molecule has 0 saturated carbocycles. The molecular formula is C19H17NO4S. The quantitative estimate of drug-likeness (QED) is 0.750. The Morgan fingerprint density at radius 3 is 2.56 bits per heavy atom. The molecule has 0 aliphatic carbocycles. The van der Waals surface area contributed by atoms with E-state index in [1.165, 1.54) is 0 Å². The van der Waals surface area contributed by atoms with Gasteiger partial charge < -0.3 is 19.2 Å². The summed E-state index contributed by atoms with van der Waals surface area (Å²) in [5.74, 6) is 2.09. The van der Waals surface area contributed by atoms with Gasteiger partial charge >= 0.3 is 0 Å². The minimum atomic E-state index is -1.30. The molecule has 1 aliphatic heterocycles. The number of fused-ring (bicyclic) bond motifs is 1. The first kappa shape index (κ1) is 15.8. The van der Waals surface area contributed by atoms with E-state index < -0.39 is 22.3 Å². The normalized spacial score (nSPS) is 19.7. The van der Waals surface area contributed by atoms with Crippen molar-refractivity contribution < 1.29 is 18.1 Å². The predicted molar refractivity (Wildman–Crippen MR) is 95.3 cm³/mol. The summed E-state index contributed by atoms with van der Waals surface area (Å²) in [4.78, 5) is 0.709. The zero-order chi connectivity index (χ0) is 17.2. The van der Waals surface area contributed by atoms with Gasteiger partial charge in [-0.15, -0.1) is 0 Å². The van der Waals surface area contributed by atoms with Gasteiger partial charge in [0.2, 0.25) is 5.44 Å². The van der Waals surface area contributed by atoms with Crippen LogP contribution < -0.4 is 14.8 Å². The lowest BCUT2D eigenvalue weighted by Crippen LogP contribution is -2.30. The molecule has 0 spiro atoms. The summed E-state index contributed by atoms with van der Waals surface area (Å²) in [5, 5.41) is 3.37. The van der Waals surface area contributed by atoms with Crippen molar-refractivity contribution in [3.8, 4) is 11.5 Å². The van der Waals surface area contributed by atoms with Crippen LogP contribution in [0.2, 0.25) is 0 Å². The summed E-state index contributed by atoms with van der Waals surface area (Å²) < 4.78 is 29.6. The summed E-state index contributed by atoms with van der Waals surface area (Å²) >= 11 is 0. The number of benzene rings is 2. The Balaban J connectivity index is 1.65.